The van der Waals surface area contributed by atoms with Crippen molar-refractivity contribution in [3.05, 3.63) is 47.2 Å². The Hall–Kier alpha value is -2.46. The molecule has 10 heteroatoms. The van der Waals surface area contributed by atoms with E-state index in [9.17, 15) is 18.0 Å². The number of nitrogens with one attached hydrogen (secondary N) is 2. The number of benzene rings is 1. The first kappa shape index (κ1) is 21.3. The highest BCUT2D eigenvalue weighted by atomic mass is 19.4. The van der Waals surface area contributed by atoms with Crippen LogP contribution >= 0.6 is 0 Å². The number of rotatable bonds is 7. The lowest BCUT2D eigenvalue weighted by molar-refractivity contribution is -0.137. The van der Waals surface area contributed by atoms with Crippen LogP contribution < -0.4 is 10.9 Å². The molecule has 0 aliphatic carbocycles. The van der Waals surface area contributed by atoms with Crippen LogP contribution in [0.4, 0.5) is 13.2 Å². The van der Waals surface area contributed by atoms with Crippen LogP contribution in [0.5, 0.6) is 0 Å². The fourth-order valence-corrected chi connectivity index (χ4v) is 3.26. The Morgan fingerprint density at radius 1 is 1.28 bits per heavy atom. The van der Waals surface area contributed by atoms with E-state index in [0.29, 0.717) is 24.0 Å². The quantitative estimate of drug-likeness (QED) is 0.728. The third kappa shape index (κ3) is 6.01. The van der Waals surface area contributed by atoms with E-state index < -0.39 is 11.7 Å². The fraction of sp³-hybridized carbons (Fsp3) is 0.526. The van der Waals surface area contributed by atoms with Crippen molar-refractivity contribution < 1.29 is 22.4 Å². The second kappa shape index (κ2) is 8.91. The molecular formula is C19H24F3N5O2. The van der Waals surface area contributed by atoms with E-state index in [1.807, 2.05) is 0 Å². The highest BCUT2D eigenvalue weighted by Gasteiger charge is 2.30. The van der Waals surface area contributed by atoms with Gasteiger partial charge in [0.1, 0.15) is 0 Å². The zero-order chi connectivity index (χ0) is 21.0. The van der Waals surface area contributed by atoms with Gasteiger partial charge in [-0.05, 0) is 25.0 Å². The van der Waals surface area contributed by atoms with E-state index in [4.69, 9.17) is 4.42 Å². The molecule has 2 N–H and O–H groups in total. The van der Waals surface area contributed by atoms with Gasteiger partial charge in [0.2, 0.25) is 17.7 Å². The molecular weight excluding hydrogens is 387 g/mol. The number of nitrogens with zero attached hydrogens (tertiary/aromatic N) is 3. The van der Waals surface area contributed by atoms with Crippen LogP contribution in [-0.2, 0) is 23.8 Å². The van der Waals surface area contributed by atoms with Gasteiger partial charge in [-0.2, -0.15) is 13.2 Å². The minimum Gasteiger partial charge on any atom is -0.425 e. The molecule has 3 rings (SSSR count). The van der Waals surface area contributed by atoms with Gasteiger partial charge in [0.25, 0.3) is 0 Å². The lowest BCUT2D eigenvalue weighted by Gasteiger charge is -2.20. The third-order valence-corrected chi connectivity index (χ3v) is 4.76. The topological polar surface area (TPSA) is 83.3 Å². The van der Waals surface area contributed by atoms with Crippen LogP contribution in [0.2, 0.25) is 0 Å². The monoisotopic (exact) mass is 411 g/mol. The highest BCUT2D eigenvalue weighted by Crippen LogP contribution is 2.29. The third-order valence-electron chi connectivity index (χ3n) is 4.76. The summed E-state index contributed by atoms with van der Waals surface area (Å²) in [7, 11) is 1.75. The number of carbonyl (C=O) groups excluding carboxylic acids is 1. The molecule has 7 nitrogen and oxygen atoms in total. The molecule has 1 aromatic carbocycles. The maximum Gasteiger partial charge on any atom is 0.416 e. The molecule has 2 atom stereocenters. The maximum atomic E-state index is 12.8. The molecule has 0 saturated carbocycles. The summed E-state index contributed by atoms with van der Waals surface area (Å²) in [5.41, 5.74) is 5.98. The lowest BCUT2D eigenvalue weighted by atomic mass is 10.1. The Morgan fingerprint density at radius 3 is 2.72 bits per heavy atom. The molecule has 0 bridgehead atoms. The van der Waals surface area contributed by atoms with Crippen LogP contribution in [0, 0.1) is 0 Å². The molecule has 1 fully saturated rings. The first-order valence-corrected chi connectivity index (χ1v) is 9.43. The van der Waals surface area contributed by atoms with Gasteiger partial charge in [0, 0.05) is 38.5 Å². The molecule has 1 amide bonds. The molecule has 158 valence electrons. The standard InChI is InChI=1S/C19H24F3N5O2/c1-12-8-15(24-23-12)11-27(2)18(28)7-6-16-25-26-17(29-16)10-13-4-3-5-14(9-13)19(20,21)22/h3-5,9,12,15,23-24H,6-8,10-11H2,1-2H3. The minimum absolute atomic E-state index is 0.0380. The Balaban J connectivity index is 1.49. The average molecular weight is 411 g/mol. The summed E-state index contributed by atoms with van der Waals surface area (Å²) < 4.78 is 43.9. The zero-order valence-electron chi connectivity index (χ0n) is 16.3. The van der Waals surface area contributed by atoms with Crippen LogP contribution in [0.3, 0.4) is 0 Å². The number of hydrogen-bond donors (Lipinski definition) is 2. The smallest absolute Gasteiger partial charge is 0.416 e. The van der Waals surface area contributed by atoms with E-state index in [1.165, 1.54) is 6.07 Å². The summed E-state index contributed by atoms with van der Waals surface area (Å²) in [4.78, 5) is 14.0. The van der Waals surface area contributed by atoms with E-state index in [2.05, 4.69) is 28.0 Å². The van der Waals surface area contributed by atoms with Gasteiger partial charge in [0.15, 0.2) is 0 Å². The minimum atomic E-state index is -4.40. The van der Waals surface area contributed by atoms with Crippen molar-refractivity contribution in [1.82, 2.24) is 25.9 Å². The van der Waals surface area contributed by atoms with E-state index in [1.54, 1.807) is 18.0 Å². The normalized spacial score (nSPS) is 19.5. The molecule has 2 aromatic rings. The van der Waals surface area contributed by atoms with Gasteiger partial charge in [0.05, 0.1) is 12.0 Å². The Bertz CT molecular complexity index is 839. The van der Waals surface area contributed by atoms with E-state index >= 15 is 0 Å². The molecule has 1 aliphatic heterocycles. The summed E-state index contributed by atoms with van der Waals surface area (Å²) in [5.74, 6) is 0.474. The van der Waals surface area contributed by atoms with E-state index in [-0.39, 0.29) is 37.1 Å². The summed E-state index contributed by atoms with van der Waals surface area (Å²) in [6.45, 7) is 2.67. The highest BCUT2D eigenvalue weighted by molar-refractivity contribution is 5.76. The van der Waals surface area contributed by atoms with Crippen molar-refractivity contribution in [2.45, 2.75) is 50.9 Å². The molecule has 1 aliphatic rings. The number of alkyl halides is 3. The van der Waals surface area contributed by atoms with Crippen molar-refractivity contribution in [2.24, 2.45) is 0 Å². The summed E-state index contributed by atoms with van der Waals surface area (Å²) in [6, 6.07) is 5.58. The molecule has 1 aromatic heterocycles. The van der Waals surface area contributed by atoms with Crippen LogP contribution in [0.1, 0.15) is 42.7 Å². The average Bonchev–Trinajstić information content (AvgIpc) is 3.28. The van der Waals surface area contributed by atoms with Gasteiger partial charge in [-0.15, -0.1) is 10.2 Å². The number of aryl methyl sites for hydroxylation is 1. The van der Waals surface area contributed by atoms with Gasteiger partial charge in [-0.3, -0.25) is 15.6 Å². The van der Waals surface area contributed by atoms with Crippen molar-refractivity contribution in [3.63, 3.8) is 0 Å². The molecule has 2 heterocycles. The second-order valence-corrected chi connectivity index (χ2v) is 7.36. The largest absolute Gasteiger partial charge is 0.425 e. The van der Waals surface area contributed by atoms with Crippen LogP contribution in [-0.4, -0.2) is 46.7 Å². The molecule has 29 heavy (non-hydrogen) atoms. The molecule has 1 saturated heterocycles. The predicted octanol–water partition coefficient (Wildman–Crippen LogP) is 2.33. The lowest BCUT2D eigenvalue weighted by Crippen LogP contribution is -2.41. The Labute approximate surface area is 166 Å². The van der Waals surface area contributed by atoms with Crippen molar-refractivity contribution >= 4 is 5.91 Å². The van der Waals surface area contributed by atoms with Gasteiger partial charge in [-0.25, -0.2) is 0 Å². The number of amides is 1. The molecule has 0 radical (unpaired) electrons. The van der Waals surface area contributed by atoms with Gasteiger partial charge < -0.3 is 9.32 Å². The van der Waals surface area contributed by atoms with Crippen molar-refractivity contribution in [2.75, 3.05) is 13.6 Å². The number of halogens is 3. The summed E-state index contributed by atoms with van der Waals surface area (Å²) in [5, 5.41) is 7.77. The molecule has 0 spiro atoms. The maximum absolute atomic E-state index is 12.8. The molecule has 2 unspecified atom stereocenters. The fourth-order valence-electron chi connectivity index (χ4n) is 3.26. The van der Waals surface area contributed by atoms with Crippen LogP contribution in [0.15, 0.2) is 28.7 Å². The van der Waals surface area contributed by atoms with Crippen LogP contribution in [0.25, 0.3) is 0 Å². The van der Waals surface area contributed by atoms with E-state index in [0.717, 1.165) is 18.6 Å². The van der Waals surface area contributed by atoms with Gasteiger partial charge >= 0.3 is 6.18 Å². The van der Waals surface area contributed by atoms with Gasteiger partial charge in [-0.1, -0.05) is 18.2 Å². The number of aromatic nitrogens is 2. The number of hydrazine groups is 1. The predicted molar refractivity (Wildman–Crippen MR) is 98.6 cm³/mol. The second-order valence-electron chi connectivity index (χ2n) is 7.36. The first-order chi connectivity index (χ1) is 13.7. The summed E-state index contributed by atoms with van der Waals surface area (Å²) in [6.07, 6.45) is -2.85. The number of likely N-dealkylation sites (N-methyl/N-ethyl adjacent to an activating group) is 1. The Morgan fingerprint density at radius 2 is 2.03 bits per heavy atom. The van der Waals surface area contributed by atoms with Crippen molar-refractivity contribution in [1.29, 1.82) is 0 Å². The first-order valence-electron chi connectivity index (χ1n) is 9.43. The number of carbonyl (C=O) groups is 1. The number of hydrogen-bond acceptors (Lipinski definition) is 6. The zero-order valence-corrected chi connectivity index (χ0v) is 16.3. The Kier molecular flexibility index (Phi) is 6.53. The SMILES string of the molecule is CC1CC(CN(C)C(=O)CCc2nnc(Cc3cccc(C(F)(F)F)c3)o2)NN1. The summed E-state index contributed by atoms with van der Waals surface area (Å²) >= 11 is 0. The van der Waals surface area contributed by atoms with Crippen molar-refractivity contribution in [3.8, 4) is 0 Å².